The fourth-order valence-corrected chi connectivity index (χ4v) is 11.9. The number of aliphatic hydroxyl groups excluding tert-OH is 1. The third-order valence-corrected chi connectivity index (χ3v) is 18.1. The molecule has 17 nitrogen and oxygen atoms in total. The molecule has 0 aromatic heterocycles. The Morgan fingerprint density at radius 3 is 0.850 bits per heavy atom. The first-order chi connectivity index (χ1) is 48.7. The van der Waals surface area contributed by atoms with Crippen LogP contribution in [0.5, 0.6) is 0 Å². The highest BCUT2D eigenvalue weighted by Gasteiger charge is 2.30. The molecule has 5 unspecified atom stereocenters. The Kier molecular flexibility index (Phi) is 69.9. The molecule has 0 amide bonds. The Morgan fingerprint density at radius 2 is 0.540 bits per heavy atom. The van der Waals surface area contributed by atoms with Gasteiger partial charge >= 0.3 is 39.5 Å². The molecule has 0 saturated carbocycles. The lowest BCUT2D eigenvalue weighted by Crippen LogP contribution is -2.30. The van der Waals surface area contributed by atoms with Gasteiger partial charge in [0.2, 0.25) is 0 Å². The molecule has 0 heterocycles. The average molecular weight is 1450 g/mol. The zero-order valence-electron chi connectivity index (χ0n) is 62.8. The van der Waals surface area contributed by atoms with E-state index in [9.17, 15) is 43.2 Å². The van der Waals surface area contributed by atoms with Crippen molar-refractivity contribution in [1.82, 2.24) is 0 Å². The molecule has 5 atom stereocenters. The van der Waals surface area contributed by atoms with Gasteiger partial charge in [0.15, 0.2) is 12.2 Å². The normalized spacial score (nSPS) is 14.5. The van der Waals surface area contributed by atoms with Gasteiger partial charge in [0.1, 0.15) is 19.3 Å². The van der Waals surface area contributed by atoms with E-state index in [-0.39, 0.29) is 25.7 Å². The number of unbranched alkanes of at least 4 members (excludes halogenated alkanes) is 29. The fraction of sp³-hybridized carbons (Fsp3) is 0.728. The maximum Gasteiger partial charge on any atom is 0.472 e. The van der Waals surface area contributed by atoms with Crippen LogP contribution in [0, 0.1) is 0 Å². The second kappa shape index (κ2) is 73.0. The summed E-state index contributed by atoms with van der Waals surface area (Å²) in [5, 5.41) is 10.6. The first-order valence-electron chi connectivity index (χ1n) is 39.1. The highest BCUT2D eigenvalue weighted by molar-refractivity contribution is 7.47. The first-order valence-corrected chi connectivity index (χ1v) is 42.1. The van der Waals surface area contributed by atoms with E-state index >= 15 is 0 Å². The molecule has 0 aliphatic carbocycles. The number of ether oxygens (including phenoxy) is 4. The molecule has 19 heteroatoms. The molecule has 0 aliphatic heterocycles. The standard InChI is InChI=1S/C81H140O17P2/c1-5-9-13-17-21-25-29-33-35-37-39-43-46-50-54-58-62-66-79(84)92-72-77(98-81(86)68-64-60-56-52-48-44-40-38-36-34-30-26-22-18-14-10-6-2)74-96-100(89,90)94-70-75(82)69-93-99(87,88)95-73-76(97-80(85)67-63-59-55-51-47-42-32-28-24-20-16-12-8-4)71-91-78(83)65-61-57-53-49-45-41-31-27-23-19-15-11-7-3/h9-10,13-15,19,21-22,25-28,31-36,75-77,82H,5-8,11-12,16-18,20,23-24,29-30,37-74H2,1-4H3,(H,87,88)(H,89,90)/b13-9-,14-10-,19-15-,25-21-,26-22-,31-27-,32-28-,35-33-,36-34-. The quantitative estimate of drug-likeness (QED) is 0.0169. The molecule has 0 rings (SSSR count). The number of hydrogen-bond acceptors (Lipinski definition) is 15. The largest absolute Gasteiger partial charge is 0.472 e. The van der Waals surface area contributed by atoms with Crippen LogP contribution in [0.25, 0.3) is 0 Å². The van der Waals surface area contributed by atoms with Gasteiger partial charge < -0.3 is 33.8 Å². The van der Waals surface area contributed by atoms with Crippen molar-refractivity contribution in [2.24, 2.45) is 0 Å². The van der Waals surface area contributed by atoms with Gasteiger partial charge in [-0.25, -0.2) is 9.13 Å². The summed E-state index contributed by atoms with van der Waals surface area (Å²) in [6, 6.07) is 0. The molecular formula is C81H140O17P2. The second-order valence-electron chi connectivity index (χ2n) is 25.9. The molecule has 0 aliphatic rings. The lowest BCUT2D eigenvalue weighted by Gasteiger charge is -2.21. The number of allylic oxidation sites excluding steroid dienone is 18. The van der Waals surface area contributed by atoms with Crippen molar-refractivity contribution in [3.63, 3.8) is 0 Å². The Morgan fingerprint density at radius 1 is 0.290 bits per heavy atom. The van der Waals surface area contributed by atoms with Crippen LogP contribution in [-0.2, 0) is 65.4 Å². The Hall–Kier alpha value is -4.28. The molecule has 0 saturated heterocycles. The molecule has 0 radical (unpaired) electrons. The minimum Gasteiger partial charge on any atom is -0.462 e. The minimum absolute atomic E-state index is 0.0801. The van der Waals surface area contributed by atoms with E-state index in [4.69, 9.17) is 37.0 Å². The topological polar surface area (TPSA) is 237 Å². The average Bonchev–Trinajstić information content (AvgIpc) is 1.15. The predicted octanol–water partition coefficient (Wildman–Crippen LogP) is 22.6. The number of hydrogen-bond donors (Lipinski definition) is 3. The monoisotopic (exact) mass is 1450 g/mol. The zero-order chi connectivity index (χ0) is 73.2. The van der Waals surface area contributed by atoms with E-state index in [1.165, 1.54) is 25.7 Å². The molecular weight excluding hydrogens is 1310 g/mol. The van der Waals surface area contributed by atoms with Gasteiger partial charge in [0.05, 0.1) is 26.4 Å². The van der Waals surface area contributed by atoms with E-state index in [1.807, 2.05) is 0 Å². The van der Waals surface area contributed by atoms with Gasteiger partial charge in [-0.05, 0) is 141 Å². The Balaban J connectivity index is 5.37. The molecule has 0 bridgehead atoms. The van der Waals surface area contributed by atoms with Crippen LogP contribution in [0.15, 0.2) is 109 Å². The molecule has 3 N–H and O–H groups in total. The summed E-state index contributed by atoms with van der Waals surface area (Å²) >= 11 is 0. The van der Waals surface area contributed by atoms with E-state index in [0.717, 1.165) is 218 Å². The van der Waals surface area contributed by atoms with Crippen LogP contribution in [0.3, 0.4) is 0 Å². The summed E-state index contributed by atoms with van der Waals surface area (Å²) in [6.45, 7) is 4.55. The predicted molar refractivity (Wildman–Crippen MR) is 408 cm³/mol. The maximum absolute atomic E-state index is 13.1. The SMILES string of the molecule is CC/C=C\C/C=C\C/C=C\CCCCCCCCCC(=O)OCC(COP(=O)(O)OCC(O)COP(=O)(O)OCC(COC(=O)CCCCCCC/C=C\C/C=C\CCC)OC(=O)CCCCCCC/C=C\CCCCCC)OC(=O)CCCCCCCCC/C=C\C/C=C\C/C=C\CC. The molecule has 100 heavy (non-hydrogen) atoms. The summed E-state index contributed by atoms with van der Waals surface area (Å²) in [5.74, 6) is -2.21. The van der Waals surface area contributed by atoms with Gasteiger partial charge in [-0.15, -0.1) is 0 Å². The number of rotatable bonds is 73. The summed E-state index contributed by atoms with van der Waals surface area (Å²) < 4.78 is 68.5. The number of carbonyl (C=O) groups is 4. The summed E-state index contributed by atoms with van der Waals surface area (Å²) in [7, 11) is -9.96. The molecule has 576 valence electrons. The number of aliphatic hydroxyl groups is 1. The Labute approximate surface area is 607 Å². The number of carbonyl (C=O) groups excluding carboxylic acids is 4. The van der Waals surface area contributed by atoms with Crippen LogP contribution in [0.2, 0.25) is 0 Å². The van der Waals surface area contributed by atoms with Crippen molar-refractivity contribution >= 4 is 39.5 Å². The van der Waals surface area contributed by atoms with Gasteiger partial charge in [-0.2, -0.15) is 0 Å². The third kappa shape index (κ3) is 72.1. The third-order valence-electron chi connectivity index (χ3n) is 16.2. The van der Waals surface area contributed by atoms with Gasteiger partial charge in [0.25, 0.3) is 0 Å². The summed E-state index contributed by atoms with van der Waals surface area (Å²) in [5.41, 5.74) is 0. The molecule has 0 aromatic carbocycles. The van der Waals surface area contributed by atoms with E-state index < -0.39 is 97.5 Å². The van der Waals surface area contributed by atoms with Gasteiger partial charge in [0, 0.05) is 25.7 Å². The number of phosphoric ester groups is 2. The van der Waals surface area contributed by atoms with Crippen LogP contribution in [-0.4, -0.2) is 96.7 Å². The highest BCUT2D eigenvalue weighted by atomic mass is 31.2. The van der Waals surface area contributed by atoms with Crippen molar-refractivity contribution in [1.29, 1.82) is 0 Å². The van der Waals surface area contributed by atoms with Gasteiger partial charge in [-0.3, -0.25) is 37.3 Å². The molecule has 0 aromatic rings. The van der Waals surface area contributed by atoms with Crippen LogP contribution in [0.1, 0.15) is 323 Å². The number of esters is 4. The fourth-order valence-electron chi connectivity index (χ4n) is 10.3. The van der Waals surface area contributed by atoms with Crippen LogP contribution in [0.4, 0.5) is 0 Å². The smallest absolute Gasteiger partial charge is 0.462 e. The molecule has 0 spiro atoms. The van der Waals surface area contributed by atoms with E-state index in [1.54, 1.807) is 0 Å². The van der Waals surface area contributed by atoms with Crippen molar-refractivity contribution < 1.29 is 80.2 Å². The zero-order valence-corrected chi connectivity index (χ0v) is 64.6. The van der Waals surface area contributed by atoms with Crippen molar-refractivity contribution in [2.75, 3.05) is 39.6 Å². The number of phosphoric acid groups is 2. The Bertz CT molecular complexity index is 2320. The van der Waals surface area contributed by atoms with Crippen molar-refractivity contribution in [3.05, 3.63) is 109 Å². The lowest BCUT2D eigenvalue weighted by molar-refractivity contribution is -0.161. The first kappa shape index (κ1) is 95.7. The van der Waals surface area contributed by atoms with E-state index in [0.29, 0.717) is 25.7 Å². The second-order valence-corrected chi connectivity index (χ2v) is 28.8. The van der Waals surface area contributed by atoms with Gasteiger partial charge in [-0.1, -0.05) is 265 Å². The van der Waals surface area contributed by atoms with E-state index in [2.05, 4.69) is 137 Å². The highest BCUT2D eigenvalue weighted by Crippen LogP contribution is 2.45. The minimum atomic E-state index is -4.98. The maximum atomic E-state index is 13.1. The summed E-state index contributed by atoms with van der Waals surface area (Å²) in [6.07, 6.45) is 77.8. The summed E-state index contributed by atoms with van der Waals surface area (Å²) in [4.78, 5) is 72.9. The molecule has 0 fully saturated rings. The van der Waals surface area contributed by atoms with Crippen LogP contribution < -0.4 is 0 Å². The van der Waals surface area contributed by atoms with Crippen LogP contribution >= 0.6 is 15.6 Å². The van der Waals surface area contributed by atoms with Crippen molar-refractivity contribution in [2.45, 2.75) is 341 Å². The van der Waals surface area contributed by atoms with Crippen molar-refractivity contribution in [3.8, 4) is 0 Å². The lowest BCUT2D eigenvalue weighted by atomic mass is 10.1.